The molecule has 0 aromatic carbocycles. The van der Waals surface area contributed by atoms with Crippen molar-refractivity contribution in [3.63, 3.8) is 0 Å². The average Bonchev–Trinajstić information content (AvgIpc) is 2.28. The van der Waals surface area contributed by atoms with Crippen molar-refractivity contribution < 1.29 is 14.7 Å². The van der Waals surface area contributed by atoms with Crippen molar-refractivity contribution in [2.24, 2.45) is 11.8 Å². The average molecular weight is 255 g/mol. The van der Waals surface area contributed by atoms with Gasteiger partial charge in [-0.25, -0.2) is 0 Å². The van der Waals surface area contributed by atoms with Gasteiger partial charge < -0.3 is 10.4 Å². The van der Waals surface area contributed by atoms with E-state index in [1.165, 1.54) is 19.3 Å². The summed E-state index contributed by atoms with van der Waals surface area (Å²) in [5.41, 5.74) is 0. The van der Waals surface area contributed by atoms with Crippen LogP contribution in [0.3, 0.4) is 0 Å². The standard InChI is InChI=1S/C14H25NO3/c1-10(2)8-11(14(17)18)9-13(16)15-12-6-4-3-5-7-12/h10-12H,3-9H2,1-2H3,(H,15,16)(H,17,18)/t11-/m0/s1. The van der Waals surface area contributed by atoms with Gasteiger partial charge in [0.25, 0.3) is 0 Å². The Morgan fingerprint density at radius 1 is 1.22 bits per heavy atom. The summed E-state index contributed by atoms with van der Waals surface area (Å²) < 4.78 is 0. The number of carboxylic acids is 1. The molecule has 1 aliphatic rings. The van der Waals surface area contributed by atoms with E-state index in [1.54, 1.807) is 0 Å². The van der Waals surface area contributed by atoms with Gasteiger partial charge in [0.15, 0.2) is 0 Å². The summed E-state index contributed by atoms with van der Waals surface area (Å²) >= 11 is 0. The molecule has 0 radical (unpaired) electrons. The van der Waals surface area contributed by atoms with Gasteiger partial charge in [0, 0.05) is 12.5 Å². The third kappa shape index (κ3) is 5.52. The van der Waals surface area contributed by atoms with Crippen LogP contribution in [0.2, 0.25) is 0 Å². The van der Waals surface area contributed by atoms with E-state index in [2.05, 4.69) is 5.32 Å². The van der Waals surface area contributed by atoms with Crippen LogP contribution in [0.1, 0.15) is 58.8 Å². The Morgan fingerprint density at radius 2 is 1.83 bits per heavy atom. The highest BCUT2D eigenvalue weighted by atomic mass is 16.4. The highest BCUT2D eigenvalue weighted by molar-refractivity contribution is 5.82. The molecule has 0 aromatic rings. The molecule has 0 unspecified atom stereocenters. The van der Waals surface area contributed by atoms with Gasteiger partial charge in [-0.05, 0) is 25.2 Å². The van der Waals surface area contributed by atoms with Crippen LogP contribution in [-0.4, -0.2) is 23.0 Å². The Kier molecular flexibility index (Phi) is 6.16. The highest BCUT2D eigenvalue weighted by Gasteiger charge is 2.24. The largest absolute Gasteiger partial charge is 0.481 e. The molecule has 0 aliphatic heterocycles. The molecule has 0 bridgehead atoms. The van der Waals surface area contributed by atoms with Crippen LogP contribution in [0.5, 0.6) is 0 Å². The van der Waals surface area contributed by atoms with Gasteiger partial charge in [-0.3, -0.25) is 9.59 Å². The minimum Gasteiger partial charge on any atom is -0.481 e. The van der Waals surface area contributed by atoms with E-state index in [9.17, 15) is 9.59 Å². The minimum absolute atomic E-state index is 0.102. The van der Waals surface area contributed by atoms with Crippen molar-refractivity contribution in [3.8, 4) is 0 Å². The predicted molar refractivity (Wildman–Crippen MR) is 70.2 cm³/mol. The summed E-state index contributed by atoms with van der Waals surface area (Å²) in [5.74, 6) is -1.21. The first-order valence-electron chi connectivity index (χ1n) is 7.01. The number of aliphatic carboxylic acids is 1. The predicted octanol–water partition coefficient (Wildman–Crippen LogP) is 2.57. The van der Waals surface area contributed by atoms with Crippen molar-refractivity contribution in [2.45, 2.75) is 64.8 Å². The zero-order valence-electron chi connectivity index (χ0n) is 11.4. The van der Waals surface area contributed by atoms with Gasteiger partial charge in [0.2, 0.25) is 5.91 Å². The first-order valence-corrected chi connectivity index (χ1v) is 7.01. The molecule has 18 heavy (non-hydrogen) atoms. The Labute approximate surface area is 109 Å². The van der Waals surface area contributed by atoms with Crippen LogP contribution in [0.4, 0.5) is 0 Å². The lowest BCUT2D eigenvalue weighted by atomic mass is 9.92. The van der Waals surface area contributed by atoms with E-state index in [0.717, 1.165) is 12.8 Å². The van der Waals surface area contributed by atoms with E-state index in [0.29, 0.717) is 12.3 Å². The SMILES string of the molecule is CC(C)C[C@@H](CC(=O)NC1CCCCC1)C(=O)O. The van der Waals surface area contributed by atoms with E-state index in [4.69, 9.17) is 5.11 Å². The normalized spacial score (nSPS) is 18.6. The number of nitrogens with one attached hydrogen (secondary N) is 1. The first-order chi connectivity index (χ1) is 8.49. The molecule has 104 valence electrons. The second-order valence-electron chi connectivity index (χ2n) is 5.77. The second-order valence-corrected chi connectivity index (χ2v) is 5.77. The smallest absolute Gasteiger partial charge is 0.307 e. The minimum atomic E-state index is -0.859. The molecule has 2 N–H and O–H groups in total. The molecule has 0 heterocycles. The Bertz CT molecular complexity index is 283. The number of hydrogen-bond donors (Lipinski definition) is 2. The van der Waals surface area contributed by atoms with Gasteiger partial charge >= 0.3 is 5.97 Å². The molecule has 4 nitrogen and oxygen atoms in total. The fourth-order valence-electron chi connectivity index (χ4n) is 2.60. The number of carboxylic acid groups (broad SMARTS) is 1. The lowest BCUT2D eigenvalue weighted by Gasteiger charge is -2.23. The Morgan fingerprint density at radius 3 is 2.33 bits per heavy atom. The van der Waals surface area contributed by atoms with Crippen LogP contribution in [-0.2, 0) is 9.59 Å². The zero-order valence-corrected chi connectivity index (χ0v) is 11.4. The number of amides is 1. The molecule has 1 fully saturated rings. The van der Waals surface area contributed by atoms with Gasteiger partial charge in [-0.15, -0.1) is 0 Å². The fraction of sp³-hybridized carbons (Fsp3) is 0.857. The lowest BCUT2D eigenvalue weighted by Crippen LogP contribution is -2.38. The van der Waals surface area contributed by atoms with Crippen LogP contribution in [0.15, 0.2) is 0 Å². The monoisotopic (exact) mass is 255 g/mol. The Balaban J connectivity index is 2.37. The molecule has 1 saturated carbocycles. The van der Waals surface area contributed by atoms with Crippen LogP contribution >= 0.6 is 0 Å². The third-order valence-electron chi connectivity index (χ3n) is 3.51. The molecule has 0 aromatic heterocycles. The van der Waals surface area contributed by atoms with E-state index < -0.39 is 11.9 Å². The summed E-state index contributed by atoms with van der Waals surface area (Å²) in [7, 11) is 0. The van der Waals surface area contributed by atoms with Crippen molar-refractivity contribution in [3.05, 3.63) is 0 Å². The molecule has 0 saturated heterocycles. The summed E-state index contributed by atoms with van der Waals surface area (Å²) in [6.07, 6.45) is 6.33. The van der Waals surface area contributed by atoms with Crippen LogP contribution < -0.4 is 5.32 Å². The molecule has 0 spiro atoms. The van der Waals surface area contributed by atoms with E-state index in [1.807, 2.05) is 13.8 Å². The van der Waals surface area contributed by atoms with Gasteiger partial charge in [0.1, 0.15) is 0 Å². The summed E-state index contributed by atoms with van der Waals surface area (Å²) in [5, 5.41) is 12.1. The fourth-order valence-corrected chi connectivity index (χ4v) is 2.60. The number of carbonyl (C=O) groups is 2. The third-order valence-corrected chi connectivity index (χ3v) is 3.51. The molecule has 1 aliphatic carbocycles. The maximum atomic E-state index is 11.8. The number of rotatable bonds is 6. The van der Waals surface area contributed by atoms with Crippen molar-refractivity contribution in [1.29, 1.82) is 0 Å². The van der Waals surface area contributed by atoms with Gasteiger partial charge in [-0.1, -0.05) is 33.1 Å². The van der Waals surface area contributed by atoms with Crippen molar-refractivity contribution in [2.75, 3.05) is 0 Å². The molecular formula is C14H25NO3. The van der Waals surface area contributed by atoms with E-state index in [-0.39, 0.29) is 18.4 Å². The van der Waals surface area contributed by atoms with Crippen molar-refractivity contribution >= 4 is 11.9 Å². The quantitative estimate of drug-likeness (QED) is 0.766. The topological polar surface area (TPSA) is 66.4 Å². The first kappa shape index (κ1) is 15.0. The molecule has 1 atom stereocenters. The van der Waals surface area contributed by atoms with Gasteiger partial charge in [-0.2, -0.15) is 0 Å². The summed E-state index contributed by atoms with van der Waals surface area (Å²) in [6.45, 7) is 3.96. The van der Waals surface area contributed by atoms with E-state index >= 15 is 0 Å². The Hall–Kier alpha value is -1.06. The molecular weight excluding hydrogens is 230 g/mol. The maximum absolute atomic E-state index is 11.8. The second kappa shape index (κ2) is 7.39. The molecule has 4 heteroatoms. The molecule has 1 rings (SSSR count). The van der Waals surface area contributed by atoms with Gasteiger partial charge in [0.05, 0.1) is 5.92 Å². The van der Waals surface area contributed by atoms with Crippen LogP contribution in [0, 0.1) is 11.8 Å². The number of hydrogen-bond acceptors (Lipinski definition) is 2. The molecule has 1 amide bonds. The highest BCUT2D eigenvalue weighted by Crippen LogP contribution is 2.19. The van der Waals surface area contributed by atoms with Crippen molar-refractivity contribution in [1.82, 2.24) is 5.32 Å². The zero-order chi connectivity index (χ0) is 13.5. The summed E-state index contributed by atoms with van der Waals surface area (Å²) in [4.78, 5) is 22.9. The lowest BCUT2D eigenvalue weighted by molar-refractivity contribution is -0.144. The number of carbonyl (C=O) groups excluding carboxylic acids is 1. The maximum Gasteiger partial charge on any atom is 0.307 e. The summed E-state index contributed by atoms with van der Waals surface area (Å²) in [6, 6.07) is 0.264. The van der Waals surface area contributed by atoms with Crippen LogP contribution in [0.25, 0.3) is 0 Å².